The quantitative estimate of drug-likeness (QED) is 0.566. The van der Waals surface area contributed by atoms with Crippen LogP contribution < -0.4 is 16.2 Å². The summed E-state index contributed by atoms with van der Waals surface area (Å²) in [4.78, 5) is 17.4. The van der Waals surface area contributed by atoms with Crippen LogP contribution in [0.15, 0.2) is 36.7 Å². The number of nitrogen functional groups attached to an aromatic ring is 2. The molecule has 3 aromatic heterocycles. The molecule has 4 aromatic rings. The molecule has 1 aromatic carbocycles. The van der Waals surface area contributed by atoms with Gasteiger partial charge in [0.05, 0.1) is 28.5 Å². The molecule has 0 radical (unpaired) electrons. The smallest absolute Gasteiger partial charge is 0.222 e. The summed E-state index contributed by atoms with van der Waals surface area (Å²) in [6, 6.07) is 7.95. The molecule has 0 bridgehead atoms. The Hall–Kier alpha value is -3.48. The molecule has 134 valence electrons. The minimum absolute atomic E-state index is 0.161. The van der Waals surface area contributed by atoms with Crippen molar-refractivity contribution < 1.29 is 4.74 Å². The highest BCUT2D eigenvalue weighted by molar-refractivity contribution is 5.97. The van der Waals surface area contributed by atoms with Crippen LogP contribution in [0.4, 0.5) is 11.8 Å². The van der Waals surface area contributed by atoms with Crippen LogP contribution in [0.2, 0.25) is 0 Å². The summed E-state index contributed by atoms with van der Waals surface area (Å²) in [6.07, 6.45) is 4.37. The summed E-state index contributed by atoms with van der Waals surface area (Å²) in [5, 5.41) is 0.741. The largest absolute Gasteiger partial charge is 0.492 e. The van der Waals surface area contributed by atoms with Crippen molar-refractivity contribution in [3.63, 3.8) is 0 Å². The molecule has 5 rings (SSSR count). The zero-order chi connectivity index (χ0) is 18.5. The van der Waals surface area contributed by atoms with Crippen molar-refractivity contribution in [1.82, 2.24) is 19.9 Å². The molecule has 0 amide bonds. The summed E-state index contributed by atoms with van der Waals surface area (Å²) in [5.41, 5.74) is 17.8. The van der Waals surface area contributed by atoms with Gasteiger partial charge in [0.1, 0.15) is 11.6 Å². The molecule has 0 saturated heterocycles. The standard InChI is InChI=1S/C20H18N6O/c1-10-9-27-18-16(10)12(7-15-17(18)19(21)26-20(22)25-15)5-11-6-14-13(24-8-11)3-2-4-23-14/h2-4,6-8,10H,5,9H2,1H3,(H4,21,22,25,26). The van der Waals surface area contributed by atoms with Crippen LogP contribution in [0.25, 0.3) is 21.9 Å². The van der Waals surface area contributed by atoms with Crippen LogP contribution in [-0.4, -0.2) is 26.5 Å². The molecule has 1 aliphatic heterocycles. The molecule has 4 heterocycles. The Bertz CT molecular complexity index is 1210. The Morgan fingerprint density at radius 2 is 2.00 bits per heavy atom. The molecule has 0 spiro atoms. The SMILES string of the molecule is CC1COc2c1c(Cc1cnc3cccnc3c1)cc1nc(N)nc(N)c21. The van der Waals surface area contributed by atoms with E-state index < -0.39 is 0 Å². The van der Waals surface area contributed by atoms with E-state index in [1.54, 1.807) is 6.20 Å². The predicted octanol–water partition coefficient (Wildman–Crippen LogP) is 2.82. The summed E-state index contributed by atoms with van der Waals surface area (Å²) in [7, 11) is 0. The van der Waals surface area contributed by atoms with E-state index in [0.29, 0.717) is 24.4 Å². The molecule has 4 N–H and O–H groups in total. The van der Waals surface area contributed by atoms with Gasteiger partial charge in [0.15, 0.2) is 0 Å². The first-order chi connectivity index (χ1) is 13.1. The Morgan fingerprint density at radius 1 is 1.11 bits per heavy atom. The maximum Gasteiger partial charge on any atom is 0.222 e. The number of nitrogens with two attached hydrogens (primary N) is 2. The van der Waals surface area contributed by atoms with Gasteiger partial charge in [0, 0.05) is 23.9 Å². The van der Waals surface area contributed by atoms with Crippen molar-refractivity contribution >= 4 is 33.7 Å². The fraction of sp³-hybridized carbons (Fsp3) is 0.200. The van der Waals surface area contributed by atoms with Gasteiger partial charge in [0.25, 0.3) is 0 Å². The predicted molar refractivity (Wildman–Crippen MR) is 105 cm³/mol. The van der Waals surface area contributed by atoms with E-state index in [2.05, 4.69) is 32.9 Å². The van der Waals surface area contributed by atoms with Crippen LogP contribution >= 0.6 is 0 Å². The van der Waals surface area contributed by atoms with Crippen LogP contribution in [-0.2, 0) is 6.42 Å². The van der Waals surface area contributed by atoms with Gasteiger partial charge in [-0.2, -0.15) is 4.98 Å². The van der Waals surface area contributed by atoms with Crippen LogP contribution in [0, 0.1) is 0 Å². The maximum absolute atomic E-state index is 6.11. The third-order valence-electron chi connectivity index (χ3n) is 4.98. The van der Waals surface area contributed by atoms with Gasteiger partial charge in [-0.05, 0) is 41.8 Å². The highest BCUT2D eigenvalue weighted by Gasteiger charge is 2.28. The normalized spacial score (nSPS) is 15.8. The summed E-state index contributed by atoms with van der Waals surface area (Å²) in [6.45, 7) is 2.76. The number of aromatic nitrogens is 4. The number of hydrogen-bond acceptors (Lipinski definition) is 7. The number of rotatable bonds is 2. The Labute approximate surface area is 155 Å². The van der Waals surface area contributed by atoms with Crippen molar-refractivity contribution in [2.75, 3.05) is 18.1 Å². The lowest BCUT2D eigenvalue weighted by Crippen LogP contribution is -2.03. The van der Waals surface area contributed by atoms with E-state index in [9.17, 15) is 0 Å². The van der Waals surface area contributed by atoms with Crippen LogP contribution in [0.1, 0.15) is 29.5 Å². The van der Waals surface area contributed by atoms with Gasteiger partial charge in [-0.25, -0.2) is 4.98 Å². The van der Waals surface area contributed by atoms with Gasteiger partial charge < -0.3 is 16.2 Å². The van der Waals surface area contributed by atoms with Crippen LogP contribution in [0.3, 0.4) is 0 Å². The van der Waals surface area contributed by atoms with E-state index in [0.717, 1.165) is 38.9 Å². The lowest BCUT2D eigenvalue weighted by molar-refractivity contribution is 0.340. The number of anilines is 2. The van der Waals surface area contributed by atoms with Gasteiger partial charge in [-0.3, -0.25) is 9.97 Å². The van der Waals surface area contributed by atoms with Crippen LogP contribution in [0.5, 0.6) is 5.75 Å². The Balaban J connectivity index is 1.69. The zero-order valence-corrected chi connectivity index (χ0v) is 14.8. The Kier molecular flexibility index (Phi) is 3.36. The topological polar surface area (TPSA) is 113 Å². The highest BCUT2D eigenvalue weighted by atomic mass is 16.5. The second-order valence-electron chi connectivity index (χ2n) is 6.91. The third-order valence-corrected chi connectivity index (χ3v) is 4.98. The first-order valence-corrected chi connectivity index (χ1v) is 8.81. The number of hydrogen-bond donors (Lipinski definition) is 2. The third kappa shape index (κ3) is 2.51. The molecule has 0 saturated carbocycles. The van der Waals surface area contributed by atoms with E-state index in [-0.39, 0.29) is 11.9 Å². The summed E-state index contributed by atoms with van der Waals surface area (Å²) < 4.78 is 5.96. The van der Waals surface area contributed by atoms with E-state index in [1.165, 1.54) is 0 Å². The molecule has 0 fully saturated rings. The first-order valence-electron chi connectivity index (χ1n) is 8.81. The lowest BCUT2D eigenvalue weighted by atomic mass is 9.91. The second-order valence-corrected chi connectivity index (χ2v) is 6.91. The molecular formula is C20H18N6O. The summed E-state index contributed by atoms with van der Waals surface area (Å²) >= 11 is 0. The number of benzene rings is 1. The molecule has 1 atom stereocenters. The highest BCUT2D eigenvalue weighted by Crippen LogP contribution is 2.44. The molecule has 7 nitrogen and oxygen atoms in total. The number of fused-ring (bicyclic) bond motifs is 4. The molecule has 1 unspecified atom stereocenters. The van der Waals surface area contributed by atoms with Crippen molar-refractivity contribution in [3.05, 3.63) is 53.3 Å². The molecule has 7 heteroatoms. The van der Waals surface area contributed by atoms with E-state index >= 15 is 0 Å². The fourth-order valence-electron chi connectivity index (χ4n) is 3.81. The number of nitrogens with zero attached hydrogens (tertiary/aromatic N) is 4. The van der Waals surface area contributed by atoms with Crippen molar-refractivity contribution in [2.24, 2.45) is 0 Å². The molecule has 27 heavy (non-hydrogen) atoms. The molecule has 0 aliphatic carbocycles. The molecule has 1 aliphatic rings. The van der Waals surface area contributed by atoms with Crippen molar-refractivity contribution in [2.45, 2.75) is 19.3 Å². The first kappa shape index (κ1) is 15.7. The monoisotopic (exact) mass is 358 g/mol. The van der Waals surface area contributed by atoms with Gasteiger partial charge in [0.2, 0.25) is 5.95 Å². The fourth-order valence-corrected chi connectivity index (χ4v) is 3.81. The number of pyridine rings is 2. The minimum atomic E-state index is 0.161. The van der Waals surface area contributed by atoms with Gasteiger partial charge in [-0.1, -0.05) is 6.92 Å². The zero-order valence-electron chi connectivity index (χ0n) is 14.8. The Morgan fingerprint density at radius 3 is 2.89 bits per heavy atom. The minimum Gasteiger partial charge on any atom is -0.492 e. The maximum atomic E-state index is 6.11. The second kappa shape index (κ2) is 5.77. The molecular weight excluding hydrogens is 340 g/mol. The van der Waals surface area contributed by atoms with Gasteiger partial charge >= 0.3 is 0 Å². The van der Waals surface area contributed by atoms with Crippen molar-refractivity contribution in [1.29, 1.82) is 0 Å². The van der Waals surface area contributed by atoms with E-state index in [4.69, 9.17) is 16.2 Å². The lowest BCUT2D eigenvalue weighted by Gasteiger charge is -2.14. The summed E-state index contributed by atoms with van der Waals surface area (Å²) in [5.74, 6) is 1.56. The number of ether oxygens (including phenoxy) is 1. The van der Waals surface area contributed by atoms with E-state index in [1.807, 2.05) is 24.4 Å². The average Bonchev–Trinajstić information content (AvgIpc) is 3.03. The average molecular weight is 358 g/mol. The van der Waals surface area contributed by atoms with Gasteiger partial charge in [-0.15, -0.1) is 0 Å². The van der Waals surface area contributed by atoms with Crippen molar-refractivity contribution in [3.8, 4) is 5.75 Å².